The number of non-ortho nitro benzene ring substituents is 1. The first-order valence-corrected chi connectivity index (χ1v) is 7.15. The summed E-state index contributed by atoms with van der Waals surface area (Å²) < 4.78 is 25.8. The summed E-state index contributed by atoms with van der Waals surface area (Å²) >= 11 is 0. The molecule has 10 heteroatoms. The van der Waals surface area contributed by atoms with Crippen LogP contribution in [-0.2, 0) is 14.8 Å². The van der Waals surface area contributed by atoms with E-state index < -0.39 is 27.4 Å². The zero-order chi connectivity index (χ0) is 16.0. The summed E-state index contributed by atoms with van der Waals surface area (Å²) in [5.74, 6) is -0.608. The Hall–Kier alpha value is -2.46. The fraction of sp³-hybridized carbons (Fsp3) is 0.182. The molecule has 21 heavy (non-hydrogen) atoms. The van der Waals surface area contributed by atoms with Gasteiger partial charge in [-0.05, 0) is 19.1 Å². The second-order valence-corrected chi connectivity index (χ2v) is 5.80. The van der Waals surface area contributed by atoms with Crippen molar-refractivity contribution in [2.45, 2.75) is 11.8 Å². The molecule has 1 rings (SSSR count). The number of carbonyl (C=O) groups excluding carboxylic acids is 1. The molecule has 0 saturated heterocycles. The second kappa shape index (κ2) is 6.81. The molecule has 0 aliphatic heterocycles. The summed E-state index contributed by atoms with van der Waals surface area (Å²) in [5.41, 5.74) is 4.93. The van der Waals surface area contributed by atoms with Crippen LogP contribution in [0.15, 0.2) is 41.4 Å². The van der Waals surface area contributed by atoms with Crippen LogP contribution in [0.25, 0.3) is 0 Å². The van der Waals surface area contributed by atoms with E-state index in [1.54, 1.807) is 6.92 Å². The van der Waals surface area contributed by atoms with Gasteiger partial charge in [-0.25, -0.2) is 13.1 Å². The van der Waals surface area contributed by atoms with Gasteiger partial charge in [0.15, 0.2) is 0 Å². The van der Waals surface area contributed by atoms with Gasteiger partial charge in [-0.1, -0.05) is 6.58 Å². The first kappa shape index (κ1) is 16.6. The average molecular weight is 314 g/mol. The van der Waals surface area contributed by atoms with Crippen LogP contribution in [0, 0.1) is 10.1 Å². The highest BCUT2D eigenvalue weighted by atomic mass is 32.2. The number of hydrogen-bond donors (Lipinski definition) is 3. The normalized spacial score (nSPS) is 10.7. The van der Waals surface area contributed by atoms with E-state index in [-0.39, 0.29) is 10.6 Å². The van der Waals surface area contributed by atoms with Gasteiger partial charge in [0.25, 0.3) is 11.6 Å². The fourth-order valence-electron chi connectivity index (χ4n) is 1.21. The number of allylic oxidation sites excluding steroid dienone is 1. The Kier molecular flexibility index (Phi) is 5.38. The molecule has 0 fully saturated rings. The SMILES string of the molecule is C=C(C)NNC(=O)CNS(=O)(=O)c1ccc([N+](=O)[O-])cc1. The molecular weight excluding hydrogens is 300 g/mol. The highest BCUT2D eigenvalue weighted by Crippen LogP contribution is 2.15. The number of nitro benzene ring substituents is 1. The molecule has 3 N–H and O–H groups in total. The number of hydrogen-bond acceptors (Lipinski definition) is 6. The van der Waals surface area contributed by atoms with Crippen LogP contribution in [0.3, 0.4) is 0 Å². The summed E-state index contributed by atoms with van der Waals surface area (Å²) in [5, 5.41) is 10.5. The molecule has 1 aromatic rings. The molecule has 0 bridgehead atoms. The van der Waals surface area contributed by atoms with Crippen LogP contribution >= 0.6 is 0 Å². The number of nitrogens with one attached hydrogen (secondary N) is 3. The van der Waals surface area contributed by atoms with Crippen molar-refractivity contribution < 1.29 is 18.1 Å². The smallest absolute Gasteiger partial charge is 0.269 e. The predicted octanol–water partition coefficient (Wildman–Crippen LogP) is 0.0275. The average Bonchev–Trinajstić information content (AvgIpc) is 2.43. The molecule has 9 nitrogen and oxygen atoms in total. The zero-order valence-electron chi connectivity index (χ0n) is 11.1. The summed E-state index contributed by atoms with van der Waals surface area (Å²) in [6.07, 6.45) is 0. The van der Waals surface area contributed by atoms with E-state index in [0.29, 0.717) is 5.70 Å². The number of amides is 1. The number of nitrogens with zero attached hydrogens (tertiary/aromatic N) is 1. The molecule has 0 spiro atoms. The third kappa shape index (κ3) is 5.20. The molecule has 0 heterocycles. The lowest BCUT2D eigenvalue weighted by Crippen LogP contribution is -2.42. The van der Waals surface area contributed by atoms with Gasteiger partial charge in [-0.15, -0.1) is 0 Å². The maximum absolute atomic E-state index is 11.9. The van der Waals surface area contributed by atoms with Crippen molar-refractivity contribution in [3.05, 3.63) is 46.7 Å². The summed E-state index contributed by atoms with van der Waals surface area (Å²) in [7, 11) is -3.92. The summed E-state index contributed by atoms with van der Waals surface area (Å²) in [6.45, 7) is 4.61. The molecule has 0 aliphatic carbocycles. The van der Waals surface area contributed by atoms with Gasteiger partial charge in [0, 0.05) is 17.8 Å². The van der Waals surface area contributed by atoms with Crippen molar-refractivity contribution in [1.82, 2.24) is 15.6 Å². The van der Waals surface area contributed by atoms with E-state index >= 15 is 0 Å². The molecule has 0 atom stereocenters. The highest BCUT2D eigenvalue weighted by Gasteiger charge is 2.16. The van der Waals surface area contributed by atoms with E-state index in [1.807, 2.05) is 0 Å². The van der Waals surface area contributed by atoms with E-state index in [4.69, 9.17) is 0 Å². The minimum Gasteiger partial charge on any atom is -0.304 e. The van der Waals surface area contributed by atoms with Gasteiger partial charge >= 0.3 is 0 Å². The quantitative estimate of drug-likeness (QED) is 0.480. The lowest BCUT2D eigenvalue weighted by atomic mass is 10.3. The first-order chi connectivity index (χ1) is 9.72. The number of rotatable bonds is 7. The molecule has 0 aromatic heterocycles. The van der Waals surface area contributed by atoms with Crippen LogP contribution in [-0.4, -0.2) is 25.8 Å². The molecule has 0 unspecified atom stereocenters. The van der Waals surface area contributed by atoms with Crippen LogP contribution in [0.5, 0.6) is 0 Å². The minimum absolute atomic E-state index is 0.172. The molecule has 0 saturated carbocycles. The van der Waals surface area contributed by atoms with Crippen molar-refractivity contribution in [2.24, 2.45) is 0 Å². The van der Waals surface area contributed by atoms with E-state index in [1.165, 1.54) is 0 Å². The van der Waals surface area contributed by atoms with Crippen LogP contribution < -0.4 is 15.6 Å². The van der Waals surface area contributed by atoms with Crippen LogP contribution in [0.1, 0.15) is 6.92 Å². The molecule has 1 amide bonds. The van der Waals surface area contributed by atoms with Crippen molar-refractivity contribution >= 4 is 21.6 Å². The Morgan fingerprint density at radius 3 is 2.33 bits per heavy atom. The van der Waals surface area contributed by atoms with Gasteiger partial charge in [0.2, 0.25) is 10.0 Å². The second-order valence-electron chi connectivity index (χ2n) is 4.03. The largest absolute Gasteiger partial charge is 0.304 e. The zero-order valence-corrected chi connectivity index (χ0v) is 11.9. The molecule has 114 valence electrons. The van der Waals surface area contributed by atoms with Gasteiger partial charge in [-0.2, -0.15) is 0 Å². The fourth-order valence-corrected chi connectivity index (χ4v) is 2.19. The Balaban J connectivity index is 2.67. The standard InChI is InChI=1S/C11H14N4O5S/c1-8(2)13-14-11(16)7-12-21(19,20)10-5-3-9(4-6-10)15(17)18/h3-6,12-13H,1,7H2,2H3,(H,14,16). The Labute approximate surface area is 121 Å². The van der Waals surface area contributed by atoms with E-state index in [9.17, 15) is 23.3 Å². The maximum atomic E-state index is 11.9. The monoisotopic (exact) mass is 314 g/mol. The van der Waals surface area contributed by atoms with Gasteiger partial charge < -0.3 is 5.43 Å². The van der Waals surface area contributed by atoms with Gasteiger partial charge in [0.05, 0.1) is 16.4 Å². The van der Waals surface area contributed by atoms with Gasteiger partial charge in [0.1, 0.15) is 0 Å². The molecule has 0 aliphatic rings. The third-order valence-corrected chi connectivity index (χ3v) is 3.61. The topological polar surface area (TPSA) is 130 Å². The third-order valence-electron chi connectivity index (χ3n) is 2.20. The van der Waals surface area contributed by atoms with Crippen molar-refractivity contribution in [3.63, 3.8) is 0 Å². The Bertz CT molecular complexity index is 654. The van der Waals surface area contributed by atoms with Crippen LogP contribution in [0.2, 0.25) is 0 Å². The van der Waals surface area contributed by atoms with Crippen molar-refractivity contribution in [1.29, 1.82) is 0 Å². The Morgan fingerprint density at radius 1 is 1.29 bits per heavy atom. The molecule has 1 aromatic carbocycles. The lowest BCUT2D eigenvalue weighted by molar-refractivity contribution is -0.384. The van der Waals surface area contributed by atoms with Gasteiger partial charge in [-0.3, -0.25) is 20.3 Å². The Morgan fingerprint density at radius 2 is 1.86 bits per heavy atom. The number of nitro groups is 1. The number of sulfonamides is 1. The lowest BCUT2D eigenvalue weighted by Gasteiger charge is -2.09. The van der Waals surface area contributed by atoms with Crippen LogP contribution in [0.4, 0.5) is 5.69 Å². The maximum Gasteiger partial charge on any atom is 0.269 e. The first-order valence-electron chi connectivity index (χ1n) is 5.67. The summed E-state index contributed by atoms with van der Waals surface area (Å²) in [6, 6.07) is 4.31. The number of hydrazine groups is 1. The molecule has 0 radical (unpaired) electrons. The number of benzene rings is 1. The van der Waals surface area contributed by atoms with E-state index in [2.05, 4.69) is 22.2 Å². The highest BCUT2D eigenvalue weighted by molar-refractivity contribution is 7.89. The number of carbonyl (C=O) groups is 1. The van der Waals surface area contributed by atoms with E-state index in [0.717, 1.165) is 24.3 Å². The predicted molar refractivity (Wildman–Crippen MR) is 74.4 cm³/mol. The summed E-state index contributed by atoms with van der Waals surface area (Å²) in [4.78, 5) is 21.0. The minimum atomic E-state index is -3.92. The molecular formula is C11H14N4O5S. The van der Waals surface area contributed by atoms with Crippen molar-refractivity contribution in [3.8, 4) is 0 Å². The van der Waals surface area contributed by atoms with Crippen molar-refractivity contribution in [2.75, 3.05) is 6.54 Å².